The van der Waals surface area contributed by atoms with E-state index in [-0.39, 0.29) is 6.61 Å². The van der Waals surface area contributed by atoms with E-state index in [1.807, 2.05) is 0 Å². The SMILES string of the molecule is Cc1ccc(CN2CCN(CC(C)(C)C)[C@H](CCO)C2)c(C)c1. The van der Waals surface area contributed by atoms with Gasteiger partial charge in [-0.05, 0) is 36.8 Å². The van der Waals surface area contributed by atoms with Crippen LogP contribution in [0.3, 0.4) is 0 Å². The minimum absolute atomic E-state index is 0.280. The third kappa shape index (κ3) is 5.59. The summed E-state index contributed by atoms with van der Waals surface area (Å²) in [5.74, 6) is 0. The Morgan fingerprint density at radius 3 is 2.52 bits per heavy atom. The van der Waals surface area contributed by atoms with E-state index in [0.717, 1.165) is 39.1 Å². The second-order valence-corrected chi connectivity index (χ2v) is 8.36. The Bertz CT molecular complexity index is 507. The van der Waals surface area contributed by atoms with Gasteiger partial charge < -0.3 is 5.11 Å². The molecule has 0 aromatic heterocycles. The smallest absolute Gasteiger partial charge is 0.0446 e. The summed E-state index contributed by atoms with van der Waals surface area (Å²) >= 11 is 0. The van der Waals surface area contributed by atoms with Crippen LogP contribution in [-0.4, -0.2) is 53.7 Å². The maximum Gasteiger partial charge on any atom is 0.0446 e. The Kier molecular flexibility index (Phi) is 6.24. The van der Waals surface area contributed by atoms with E-state index in [2.05, 4.69) is 62.6 Å². The predicted octanol–water partition coefficient (Wildman–Crippen LogP) is 3.22. The lowest BCUT2D eigenvalue weighted by atomic mass is 9.94. The average Bonchev–Trinajstić information content (AvgIpc) is 2.43. The van der Waals surface area contributed by atoms with E-state index in [0.29, 0.717) is 11.5 Å². The highest BCUT2D eigenvalue weighted by Crippen LogP contribution is 2.22. The van der Waals surface area contributed by atoms with E-state index in [1.165, 1.54) is 16.7 Å². The largest absolute Gasteiger partial charge is 0.396 e. The molecule has 1 aliphatic heterocycles. The van der Waals surface area contributed by atoms with Crippen LogP contribution in [0.2, 0.25) is 0 Å². The van der Waals surface area contributed by atoms with E-state index >= 15 is 0 Å². The fraction of sp³-hybridized carbons (Fsp3) is 0.700. The predicted molar refractivity (Wildman–Crippen MR) is 97.7 cm³/mol. The van der Waals surface area contributed by atoms with E-state index in [4.69, 9.17) is 0 Å². The number of hydrogen-bond donors (Lipinski definition) is 1. The molecule has 23 heavy (non-hydrogen) atoms. The molecular formula is C20H34N2O. The lowest BCUT2D eigenvalue weighted by Gasteiger charge is -2.44. The van der Waals surface area contributed by atoms with Crippen molar-refractivity contribution in [1.82, 2.24) is 9.80 Å². The van der Waals surface area contributed by atoms with Gasteiger partial charge in [-0.2, -0.15) is 0 Å². The van der Waals surface area contributed by atoms with Gasteiger partial charge >= 0.3 is 0 Å². The number of aryl methyl sites for hydroxylation is 2. The molecule has 1 heterocycles. The number of nitrogens with zero attached hydrogens (tertiary/aromatic N) is 2. The third-order valence-electron chi connectivity index (χ3n) is 4.72. The molecule has 0 radical (unpaired) electrons. The number of aliphatic hydroxyl groups is 1. The standard InChI is InChI=1S/C20H34N2O/c1-16-6-7-18(17(2)12-16)13-21-9-10-22(15-20(3,4)5)19(14-21)8-11-23/h6-7,12,19,23H,8-11,13-15H2,1-5H3/t19-/m1/s1. The zero-order chi connectivity index (χ0) is 17.0. The van der Waals surface area contributed by atoms with Crippen molar-refractivity contribution < 1.29 is 5.11 Å². The van der Waals surface area contributed by atoms with Crippen LogP contribution >= 0.6 is 0 Å². The van der Waals surface area contributed by atoms with Crippen molar-refractivity contribution in [3.8, 4) is 0 Å². The third-order valence-corrected chi connectivity index (χ3v) is 4.72. The Morgan fingerprint density at radius 2 is 1.91 bits per heavy atom. The number of piperazine rings is 1. The molecule has 1 aromatic carbocycles. The van der Waals surface area contributed by atoms with E-state index in [9.17, 15) is 5.11 Å². The molecule has 1 aromatic rings. The summed E-state index contributed by atoms with van der Waals surface area (Å²) in [4.78, 5) is 5.13. The Hall–Kier alpha value is -0.900. The molecule has 1 atom stereocenters. The molecular weight excluding hydrogens is 284 g/mol. The number of benzene rings is 1. The summed E-state index contributed by atoms with van der Waals surface area (Å²) in [6.07, 6.45) is 0.874. The molecule has 1 aliphatic rings. The van der Waals surface area contributed by atoms with E-state index < -0.39 is 0 Å². The van der Waals surface area contributed by atoms with Crippen molar-refractivity contribution >= 4 is 0 Å². The van der Waals surface area contributed by atoms with Crippen LogP contribution in [0.4, 0.5) is 0 Å². The van der Waals surface area contributed by atoms with Crippen molar-refractivity contribution in [2.75, 3.05) is 32.8 Å². The van der Waals surface area contributed by atoms with Crippen LogP contribution in [-0.2, 0) is 6.54 Å². The zero-order valence-electron chi connectivity index (χ0n) is 15.6. The molecule has 1 saturated heterocycles. The van der Waals surface area contributed by atoms with Crippen molar-refractivity contribution in [3.05, 3.63) is 34.9 Å². The molecule has 130 valence electrons. The minimum atomic E-state index is 0.280. The molecule has 0 unspecified atom stereocenters. The summed E-state index contributed by atoms with van der Waals surface area (Å²) in [7, 11) is 0. The molecule has 0 aliphatic carbocycles. The first kappa shape index (κ1) is 18.4. The van der Waals surface area contributed by atoms with Gasteiger partial charge in [-0.3, -0.25) is 9.80 Å². The van der Waals surface area contributed by atoms with Gasteiger partial charge in [-0.25, -0.2) is 0 Å². The van der Waals surface area contributed by atoms with Gasteiger partial charge in [-0.15, -0.1) is 0 Å². The molecule has 0 spiro atoms. The summed E-state index contributed by atoms with van der Waals surface area (Å²) in [6.45, 7) is 16.9. The first-order chi connectivity index (χ1) is 10.8. The van der Waals surface area contributed by atoms with Gasteiger partial charge in [0.2, 0.25) is 0 Å². The molecule has 0 saturated carbocycles. The van der Waals surface area contributed by atoms with Crippen molar-refractivity contribution in [3.63, 3.8) is 0 Å². The number of rotatable bonds is 5. The highest BCUT2D eigenvalue weighted by atomic mass is 16.3. The topological polar surface area (TPSA) is 26.7 Å². The van der Waals surface area contributed by atoms with E-state index in [1.54, 1.807) is 0 Å². The Morgan fingerprint density at radius 1 is 1.17 bits per heavy atom. The second kappa shape index (κ2) is 7.78. The maximum absolute atomic E-state index is 9.44. The first-order valence-electron chi connectivity index (χ1n) is 8.92. The second-order valence-electron chi connectivity index (χ2n) is 8.36. The van der Waals surface area contributed by atoms with Gasteiger partial charge in [0.05, 0.1) is 0 Å². The maximum atomic E-state index is 9.44. The van der Waals surface area contributed by atoms with Crippen LogP contribution in [0.5, 0.6) is 0 Å². The summed E-state index contributed by atoms with van der Waals surface area (Å²) in [5, 5.41) is 9.44. The quantitative estimate of drug-likeness (QED) is 0.903. The van der Waals surface area contributed by atoms with Crippen LogP contribution in [0, 0.1) is 19.3 Å². The van der Waals surface area contributed by atoms with Crippen LogP contribution < -0.4 is 0 Å². The fourth-order valence-corrected chi connectivity index (χ4v) is 3.61. The van der Waals surface area contributed by atoms with Gasteiger partial charge in [0.15, 0.2) is 0 Å². The van der Waals surface area contributed by atoms with Gasteiger partial charge in [-0.1, -0.05) is 44.5 Å². The fourth-order valence-electron chi connectivity index (χ4n) is 3.61. The van der Waals surface area contributed by atoms with Gasteiger partial charge in [0.25, 0.3) is 0 Å². The normalized spacial score (nSPS) is 20.9. The monoisotopic (exact) mass is 318 g/mol. The Balaban J connectivity index is 2.00. The zero-order valence-corrected chi connectivity index (χ0v) is 15.6. The van der Waals surface area contributed by atoms with Crippen LogP contribution in [0.15, 0.2) is 18.2 Å². The molecule has 3 nitrogen and oxygen atoms in total. The lowest BCUT2D eigenvalue weighted by Crippen LogP contribution is -2.54. The molecule has 0 amide bonds. The van der Waals surface area contributed by atoms with Crippen LogP contribution in [0.25, 0.3) is 0 Å². The summed E-state index contributed by atoms with van der Waals surface area (Å²) in [6, 6.07) is 7.23. The summed E-state index contributed by atoms with van der Waals surface area (Å²) < 4.78 is 0. The highest BCUT2D eigenvalue weighted by molar-refractivity contribution is 5.30. The minimum Gasteiger partial charge on any atom is -0.396 e. The van der Waals surface area contributed by atoms with Crippen LogP contribution in [0.1, 0.15) is 43.9 Å². The lowest BCUT2D eigenvalue weighted by molar-refractivity contribution is 0.0339. The molecule has 1 N–H and O–H groups in total. The van der Waals surface area contributed by atoms with Gasteiger partial charge in [0.1, 0.15) is 0 Å². The average molecular weight is 319 g/mol. The van der Waals surface area contributed by atoms with Crippen molar-refractivity contribution in [2.45, 2.75) is 53.6 Å². The highest BCUT2D eigenvalue weighted by Gasteiger charge is 2.29. The molecule has 2 rings (SSSR count). The Labute approximate surface area is 142 Å². The number of aliphatic hydroxyl groups excluding tert-OH is 1. The molecule has 1 fully saturated rings. The van der Waals surface area contributed by atoms with Gasteiger partial charge in [0, 0.05) is 45.4 Å². The molecule has 3 heteroatoms. The number of hydrogen-bond acceptors (Lipinski definition) is 3. The first-order valence-corrected chi connectivity index (χ1v) is 8.92. The summed E-state index contributed by atoms with van der Waals surface area (Å²) in [5.41, 5.74) is 4.46. The van der Waals surface area contributed by atoms with Crippen molar-refractivity contribution in [1.29, 1.82) is 0 Å². The molecule has 0 bridgehead atoms. The van der Waals surface area contributed by atoms with Crippen molar-refractivity contribution in [2.24, 2.45) is 5.41 Å².